The van der Waals surface area contributed by atoms with Crippen molar-refractivity contribution < 1.29 is 9.15 Å². The average Bonchev–Trinajstić information content (AvgIpc) is 2.76. The molecule has 0 saturated heterocycles. The van der Waals surface area contributed by atoms with E-state index in [0.29, 0.717) is 5.92 Å². The minimum absolute atomic E-state index is 0.171. The first-order chi connectivity index (χ1) is 7.70. The van der Waals surface area contributed by atoms with Crippen LogP contribution < -0.4 is 5.32 Å². The van der Waals surface area contributed by atoms with Gasteiger partial charge in [-0.15, -0.1) is 0 Å². The van der Waals surface area contributed by atoms with Gasteiger partial charge in [-0.25, -0.2) is 0 Å². The van der Waals surface area contributed by atoms with Crippen molar-refractivity contribution in [1.29, 1.82) is 0 Å². The van der Waals surface area contributed by atoms with Crippen LogP contribution in [0.25, 0.3) is 0 Å². The summed E-state index contributed by atoms with van der Waals surface area (Å²) in [4.78, 5) is 0. The molecule has 2 unspecified atom stereocenters. The summed E-state index contributed by atoms with van der Waals surface area (Å²) in [5.74, 6) is 0.467. The Kier molecular flexibility index (Phi) is 5.56. The highest BCUT2D eigenvalue weighted by Crippen LogP contribution is 2.24. The fraction of sp³-hybridized carbons (Fsp3) is 0.692. The van der Waals surface area contributed by atoms with E-state index >= 15 is 0 Å². The SMILES string of the molecule is CCCNC(c1ccoc1)C(OC)C(C)C. The van der Waals surface area contributed by atoms with Gasteiger partial charge in [0.1, 0.15) is 0 Å². The highest BCUT2D eigenvalue weighted by molar-refractivity contribution is 5.13. The molecule has 16 heavy (non-hydrogen) atoms. The molecular formula is C13H23NO2. The van der Waals surface area contributed by atoms with Gasteiger partial charge >= 0.3 is 0 Å². The Morgan fingerprint density at radius 3 is 2.62 bits per heavy atom. The van der Waals surface area contributed by atoms with Gasteiger partial charge in [-0.2, -0.15) is 0 Å². The first kappa shape index (κ1) is 13.3. The van der Waals surface area contributed by atoms with E-state index < -0.39 is 0 Å². The maximum atomic E-state index is 5.59. The molecule has 0 spiro atoms. The summed E-state index contributed by atoms with van der Waals surface area (Å²) in [6, 6.07) is 2.21. The van der Waals surface area contributed by atoms with E-state index in [9.17, 15) is 0 Å². The van der Waals surface area contributed by atoms with Crippen molar-refractivity contribution >= 4 is 0 Å². The zero-order valence-corrected chi connectivity index (χ0v) is 10.7. The van der Waals surface area contributed by atoms with Gasteiger partial charge in [0.25, 0.3) is 0 Å². The molecule has 1 aromatic heterocycles. The van der Waals surface area contributed by atoms with Crippen molar-refractivity contribution in [2.24, 2.45) is 5.92 Å². The number of methoxy groups -OCH3 is 1. The number of rotatable bonds is 7. The molecule has 0 aromatic carbocycles. The van der Waals surface area contributed by atoms with Gasteiger partial charge < -0.3 is 14.5 Å². The van der Waals surface area contributed by atoms with Crippen molar-refractivity contribution in [3.05, 3.63) is 24.2 Å². The molecule has 1 rings (SSSR count). The predicted octanol–water partition coefficient (Wildman–Crippen LogP) is 2.99. The lowest BCUT2D eigenvalue weighted by Crippen LogP contribution is -2.36. The zero-order valence-electron chi connectivity index (χ0n) is 10.7. The van der Waals surface area contributed by atoms with E-state index in [4.69, 9.17) is 9.15 Å². The van der Waals surface area contributed by atoms with Gasteiger partial charge in [-0.05, 0) is 24.9 Å². The van der Waals surface area contributed by atoms with Crippen LogP contribution in [-0.2, 0) is 4.74 Å². The number of furan rings is 1. The van der Waals surface area contributed by atoms with Gasteiger partial charge in [-0.3, -0.25) is 0 Å². The lowest BCUT2D eigenvalue weighted by Gasteiger charge is -2.29. The lowest BCUT2D eigenvalue weighted by atomic mass is 9.95. The second-order valence-electron chi connectivity index (χ2n) is 4.43. The summed E-state index contributed by atoms with van der Waals surface area (Å²) < 4.78 is 10.7. The molecule has 0 bridgehead atoms. The summed E-state index contributed by atoms with van der Waals surface area (Å²) in [6.45, 7) is 7.50. The van der Waals surface area contributed by atoms with Crippen LogP contribution in [0.3, 0.4) is 0 Å². The minimum atomic E-state index is 0.171. The number of nitrogens with one attached hydrogen (secondary N) is 1. The van der Waals surface area contributed by atoms with Crippen LogP contribution >= 0.6 is 0 Å². The zero-order chi connectivity index (χ0) is 12.0. The monoisotopic (exact) mass is 225 g/mol. The quantitative estimate of drug-likeness (QED) is 0.774. The minimum Gasteiger partial charge on any atom is -0.472 e. The van der Waals surface area contributed by atoms with Gasteiger partial charge in [0.2, 0.25) is 0 Å². The Labute approximate surface area is 98.2 Å². The molecule has 2 atom stereocenters. The Bertz CT molecular complexity index is 269. The summed E-state index contributed by atoms with van der Waals surface area (Å²) in [6.07, 6.45) is 4.79. The normalized spacial score (nSPS) is 15.3. The Hall–Kier alpha value is -0.800. The second kappa shape index (κ2) is 6.71. The molecule has 0 aliphatic carbocycles. The smallest absolute Gasteiger partial charge is 0.0951 e. The summed E-state index contributed by atoms with van der Waals surface area (Å²) in [5.41, 5.74) is 1.16. The summed E-state index contributed by atoms with van der Waals surface area (Å²) in [5, 5.41) is 3.52. The number of hydrogen-bond donors (Lipinski definition) is 1. The van der Waals surface area contributed by atoms with Crippen LogP contribution in [-0.4, -0.2) is 19.8 Å². The molecule has 3 nitrogen and oxygen atoms in total. The summed E-state index contributed by atoms with van der Waals surface area (Å²) >= 11 is 0. The molecule has 0 amide bonds. The highest BCUT2D eigenvalue weighted by atomic mass is 16.5. The van der Waals surface area contributed by atoms with E-state index in [2.05, 4.69) is 26.1 Å². The van der Waals surface area contributed by atoms with Gasteiger partial charge in [0.05, 0.1) is 24.7 Å². The van der Waals surface area contributed by atoms with Gasteiger partial charge in [-0.1, -0.05) is 20.8 Å². The Morgan fingerprint density at radius 1 is 1.44 bits per heavy atom. The second-order valence-corrected chi connectivity index (χ2v) is 4.43. The van der Waals surface area contributed by atoms with Crippen LogP contribution in [0.4, 0.5) is 0 Å². The third-order valence-corrected chi connectivity index (χ3v) is 2.77. The molecule has 1 aromatic rings. The molecule has 3 heteroatoms. The highest BCUT2D eigenvalue weighted by Gasteiger charge is 2.25. The number of hydrogen-bond acceptors (Lipinski definition) is 3. The topological polar surface area (TPSA) is 34.4 Å². The largest absolute Gasteiger partial charge is 0.472 e. The molecule has 0 aliphatic rings. The Morgan fingerprint density at radius 2 is 2.19 bits per heavy atom. The third kappa shape index (κ3) is 3.35. The maximum Gasteiger partial charge on any atom is 0.0951 e. The molecule has 92 valence electrons. The van der Waals surface area contributed by atoms with Gasteiger partial charge in [0, 0.05) is 12.7 Å². The van der Waals surface area contributed by atoms with E-state index in [1.165, 1.54) is 0 Å². The van der Waals surface area contributed by atoms with E-state index in [0.717, 1.165) is 18.5 Å². The van der Waals surface area contributed by atoms with Crippen LogP contribution in [0.1, 0.15) is 38.8 Å². The predicted molar refractivity (Wildman–Crippen MR) is 65.4 cm³/mol. The number of ether oxygens (including phenoxy) is 1. The van der Waals surface area contributed by atoms with E-state index in [-0.39, 0.29) is 12.1 Å². The van der Waals surface area contributed by atoms with Crippen LogP contribution in [0.15, 0.2) is 23.0 Å². The van der Waals surface area contributed by atoms with Crippen LogP contribution in [0, 0.1) is 5.92 Å². The molecule has 1 heterocycles. The van der Waals surface area contributed by atoms with Crippen molar-refractivity contribution in [1.82, 2.24) is 5.32 Å². The van der Waals surface area contributed by atoms with Crippen molar-refractivity contribution in [3.63, 3.8) is 0 Å². The first-order valence-electron chi connectivity index (χ1n) is 5.99. The lowest BCUT2D eigenvalue weighted by molar-refractivity contribution is 0.0325. The van der Waals surface area contributed by atoms with E-state index in [1.807, 2.05) is 6.07 Å². The molecular weight excluding hydrogens is 202 g/mol. The average molecular weight is 225 g/mol. The van der Waals surface area contributed by atoms with Crippen molar-refractivity contribution in [2.45, 2.75) is 39.3 Å². The molecule has 0 fully saturated rings. The molecule has 1 N–H and O–H groups in total. The van der Waals surface area contributed by atoms with Crippen molar-refractivity contribution in [3.8, 4) is 0 Å². The fourth-order valence-electron chi connectivity index (χ4n) is 1.97. The standard InChI is InChI=1S/C13H23NO2/c1-5-7-14-12(11-6-8-16-9-11)13(15-4)10(2)3/h6,8-10,12-14H,5,7H2,1-4H3. The van der Waals surface area contributed by atoms with Crippen LogP contribution in [0.5, 0.6) is 0 Å². The molecule has 0 saturated carbocycles. The van der Waals surface area contributed by atoms with Crippen molar-refractivity contribution in [2.75, 3.05) is 13.7 Å². The fourth-order valence-corrected chi connectivity index (χ4v) is 1.97. The first-order valence-corrected chi connectivity index (χ1v) is 5.99. The molecule has 0 radical (unpaired) electrons. The summed E-state index contributed by atoms with van der Waals surface area (Å²) in [7, 11) is 1.77. The van der Waals surface area contributed by atoms with Gasteiger partial charge in [0.15, 0.2) is 0 Å². The van der Waals surface area contributed by atoms with Crippen LogP contribution in [0.2, 0.25) is 0 Å². The third-order valence-electron chi connectivity index (χ3n) is 2.77. The van der Waals surface area contributed by atoms with E-state index in [1.54, 1.807) is 19.6 Å². The Balaban J connectivity index is 2.77. The molecule has 0 aliphatic heterocycles. The maximum absolute atomic E-state index is 5.59.